The second kappa shape index (κ2) is 5.27. The van der Waals surface area contributed by atoms with E-state index in [1.807, 2.05) is 36.5 Å². The highest BCUT2D eigenvalue weighted by atomic mass is 35.5. The van der Waals surface area contributed by atoms with E-state index in [0.29, 0.717) is 5.82 Å². The van der Waals surface area contributed by atoms with Gasteiger partial charge in [-0.15, -0.1) is 10.2 Å². The molecule has 0 bridgehead atoms. The zero-order valence-corrected chi connectivity index (χ0v) is 12.3. The Balaban J connectivity index is 1.64. The van der Waals surface area contributed by atoms with Crippen molar-refractivity contribution < 1.29 is 0 Å². The number of nitrogens with zero attached hydrogens (tertiary/aromatic N) is 3. The Bertz CT molecular complexity index is 910. The van der Waals surface area contributed by atoms with Gasteiger partial charge in [0.25, 0.3) is 0 Å². The molecule has 2 aromatic heterocycles. The third kappa shape index (κ3) is 2.35. The zero-order valence-electron chi connectivity index (χ0n) is 11.5. The fourth-order valence-electron chi connectivity index (χ4n) is 2.57. The van der Waals surface area contributed by atoms with Crippen molar-refractivity contribution in [3.63, 3.8) is 0 Å². The van der Waals surface area contributed by atoms with Gasteiger partial charge in [0.15, 0.2) is 0 Å². The second-order valence-electron chi connectivity index (χ2n) is 5.11. The first kappa shape index (κ1) is 13.0. The van der Waals surface area contributed by atoms with E-state index in [1.165, 1.54) is 11.1 Å². The zero-order chi connectivity index (χ0) is 14.9. The molecular weight excluding hydrogens is 298 g/mol. The molecule has 4 aromatic rings. The van der Waals surface area contributed by atoms with Crippen molar-refractivity contribution in [2.24, 2.45) is 0 Å². The summed E-state index contributed by atoms with van der Waals surface area (Å²) in [5.41, 5.74) is 4.49. The molecule has 0 radical (unpaired) electrons. The number of H-pyrrole nitrogens is 2. The maximum absolute atomic E-state index is 6.09. The predicted molar refractivity (Wildman–Crippen MR) is 85.7 cm³/mol. The number of nitrogens with one attached hydrogen (secondary N) is 2. The van der Waals surface area contributed by atoms with Crippen LogP contribution >= 0.6 is 11.6 Å². The van der Waals surface area contributed by atoms with Gasteiger partial charge in [-0.1, -0.05) is 35.9 Å². The molecule has 0 saturated heterocycles. The number of halogens is 1. The molecule has 0 atom stereocenters. The molecule has 2 heterocycles. The third-order valence-corrected chi connectivity index (χ3v) is 3.92. The molecule has 0 aliphatic heterocycles. The highest BCUT2D eigenvalue weighted by Crippen LogP contribution is 2.25. The van der Waals surface area contributed by atoms with Crippen molar-refractivity contribution in [2.75, 3.05) is 0 Å². The Hall–Kier alpha value is -2.66. The molecule has 0 spiro atoms. The van der Waals surface area contributed by atoms with E-state index in [2.05, 4.69) is 37.7 Å². The standard InChI is InChI=1S/C16H12ClN5/c17-13-5-6-15-14(8-13)12(9-18-15)7-10-1-3-11(4-2-10)16-19-21-22-20-16/h1-6,8-9,18H,7H2,(H,19,20,21,22). The molecule has 0 aliphatic carbocycles. The quantitative estimate of drug-likeness (QED) is 0.607. The summed E-state index contributed by atoms with van der Waals surface area (Å²) in [7, 11) is 0. The van der Waals surface area contributed by atoms with E-state index < -0.39 is 0 Å². The van der Waals surface area contributed by atoms with E-state index in [4.69, 9.17) is 11.6 Å². The first-order chi connectivity index (χ1) is 10.8. The van der Waals surface area contributed by atoms with Gasteiger partial charge in [-0.3, -0.25) is 0 Å². The SMILES string of the molecule is Clc1ccc2[nH]cc(Cc3ccc(-c4nn[nH]n4)cc3)c2c1. The number of hydrogen-bond acceptors (Lipinski definition) is 3. The van der Waals surface area contributed by atoms with Crippen LogP contribution in [-0.2, 0) is 6.42 Å². The molecule has 4 rings (SSSR count). The summed E-state index contributed by atoms with van der Waals surface area (Å²) in [5, 5.41) is 15.9. The van der Waals surface area contributed by atoms with E-state index >= 15 is 0 Å². The average Bonchev–Trinajstić information content (AvgIpc) is 3.19. The molecule has 0 aliphatic rings. The van der Waals surface area contributed by atoms with Crippen LogP contribution in [-0.4, -0.2) is 25.6 Å². The summed E-state index contributed by atoms with van der Waals surface area (Å²) in [6.07, 6.45) is 2.88. The minimum Gasteiger partial charge on any atom is -0.361 e. The number of fused-ring (bicyclic) bond motifs is 1. The van der Waals surface area contributed by atoms with Crippen LogP contribution in [0.15, 0.2) is 48.7 Å². The van der Waals surface area contributed by atoms with E-state index in [1.54, 1.807) is 0 Å². The highest BCUT2D eigenvalue weighted by Gasteiger charge is 2.07. The van der Waals surface area contributed by atoms with Crippen LogP contribution in [0.5, 0.6) is 0 Å². The molecule has 2 N–H and O–H groups in total. The first-order valence-electron chi connectivity index (χ1n) is 6.88. The topological polar surface area (TPSA) is 70.2 Å². The minimum atomic E-state index is 0.602. The van der Waals surface area contributed by atoms with Gasteiger partial charge >= 0.3 is 0 Å². The molecule has 0 saturated carbocycles. The lowest BCUT2D eigenvalue weighted by atomic mass is 10.0. The van der Waals surface area contributed by atoms with Crippen LogP contribution < -0.4 is 0 Å². The smallest absolute Gasteiger partial charge is 0.204 e. The summed E-state index contributed by atoms with van der Waals surface area (Å²) in [6, 6.07) is 14.1. The number of tetrazole rings is 1. The Morgan fingerprint density at radius 3 is 2.68 bits per heavy atom. The lowest BCUT2D eigenvalue weighted by Crippen LogP contribution is -1.88. The average molecular weight is 310 g/mol. The third-order valence-electron chi connectivity index (χ3n) is 3.68. The summed E-state index contributed by atoms with van der Waals surface area (Å²) in [5.74, 6) is 0.602. The fourth-order valence-corrected chi connectivity index (χ4v) is 2.74. The summed E-state index contributed by atoms with van der Waals surface area (Å²) >= 11 is 6.09. The van der Waals surface area contributed by atoms with Crippen LogP contribution in [0, 0.1) is 0 Å². The highest BCUT2D eigenvalue weighted by molar-refractivity contribution is 6.31. The maximum Gasteiger partial charge on any atom is 0.204 e. The van der Waals surface area contributed by atoms with E-state index in [9.17, 15) is 0 Å². The van der Waals surface area contributed by atoms with Crippen molar-refractivity contribution in [1.82, 2.24) is 25.6 Å². The van der Waals surface area contributed by atoms with Gasteiger partial charge in [0.05, 0.1) is 0 Å². The lowest BCUT2D eigenvalue weighted by Gasteiger charge is -2.02. The van der Waals surface area contributed by atoms with Gasteiger partial charge in [0, 0.05) is 27.7 Å². The van der Waals surface area contributed by atoms with E-state index in [-0.39, 0.29) is 0 Å². The van der Waals surface area contributed by atoms with Gasteiger partial charge < -0.3 is 4.98 Å². The lowest BCUT2D eigenvalue weighted by molar-refractivity contribution is 0.881. The summed E-state index contributed by atoms with van der Waals surface area (Å²) in [6.45, 7) is 0. The Morgan fingerprint density at radius 1 is 1.05 bits per heavy atom. The van der Waals surface area contributed by atoms with Crippen molar-refractivity contribution >= 4 is 22.5 Å². The van der Waals surface area contributed by atoms with Gasteiger partial charge in [-0.2, -0.15) is 5.21 Å². The Morgan fingerprint density at radius 2 is 1.91 bits per heavy atom. The van der Waals surface area contributed by atoms with Gasteiger partial charge in [-0.05, 0) is 41.0 Å². The fraction of sp³-hybridized carbons (Fsp3) is 0.0625. The maximum atomic E-state index is 6.09. The van der Waals surface area contributed by atoms with Crippen LogP contribution in [0.25, 0.3) is 22.3 Å². The van der Waals surface area contributed by atoms with Gasteiger partial charge in [0.2, 0.25) is 5.82 Å². The molecule has 22 heavy (non-hydrogen) atoms. The molecule has 0 unspecified atom stereocenters. The monoisotopic (exact) mass is 309 g/mol. The number of rotatable bonds is 3. The van der Waals surface area contributed by atoms with Crippen LogP contribution in [0.2, 0.25) is 5.02 Å². The molecule has 6 heteroatoms. The van der Waals surface area contributed by atoms with Crippen LogP contribution in [0.3, 0.4) is 0 Å². The molecule has 5 nitrogen and oxygen atoms in total. The van der Waals surface area contributed by atoms with Crippen molar-refractivity contribution in [2.45, 2.75) is 6.42 Å². The largest absolute Gasteiger partial charge is 0.361 e. The molecule has 0 fully saturated rings. The second-order valence-corrected chi connectivity index (χ2v) is 5.55. The molecule has 108 valence electrons. The van der Waals surface area contributed by atoms with Crippen molar-refractivity contribution in [3.05, 3.63) is 64.8 Å². The van der Waals surface area contributed by atoms with Crippen LogP contribution in [0.1, 0.15) is 11.1 Å². The Labute approximate surface area is 131 Å². The number of aromatic nitrogens is 5. The number of benzene rings is 2. The summed E-state index contributed by atoms with van der Waals surface area (Å²) in [4.78, 5) is 3.28. The number of aromatic amines is 2. The first-order valence-corrected chi connectivity index (χ1v) is 7.26. The summed E-state index contributed by atoms with van der Waals surface area (Å²) < 4.78 is 0. The van der Waals surface area contributed by atoms with Gasteiger partial charge in [-0.25, -0.2) is 0 Å². The van der Waals surface area contributed by atoms with Crippen LogP contribution in [0.4, 0.5) is 0 Å². The minimum absolute atomic E-state index is 0.602. The Kier molecular flexibility index (Phi) is 3.12. The normalized spacial score (nSPS) is 11.1. The molecule has 2 aromatic carbocycles. The van der Waals surface area contributed by atoms with E-state index in [0.717, 1.165) is 27.9 Å². The van der Waals surface area contributed by atoms with Gasteiger partial charge in [0.1, 0.15) is 0 Å². The van der Waals surface area contributed by atoms with Crippen molar-refractivity contribution in [3.8, 4) is 11.4 Å². The molecular formula is C16H12ClN5. The molecule has 0 amide bonds. The number of hydrogen-bond donors (Lipinski definition) is 2. The predicted octanol–water partition coefficient (Wildman–Crippen LogP) is 3.59. The van der Waals surface area contributed by atoms with Crippen molar-refractivity contribution in [1.29, 1.82) is 0 Å².